The Bertz CT molecular complexity index is 489. The van der Waals surface area contributed by atoms with Crippen LogP contribution in [0, 0.1) is 0 Å². The third-order valence-electron chi connectivity index (χ3n) is 3.03. The summed E-state index contributed by atoms with van der Waals surface area (Å²) >= 11 is 0.918. The molecule has 2 unspecified atom stereocenters. The van der Waals surface area contributed by atoms with Gasteiger partial charge in [0, 0.05) is 12.1 Å². The number of aromatic nitrogens is 2. The number of sulfonamides is 1. The van der Waals surface area contributed by atoms with E-state index in [4.69, 9.17) is 5.73 Å². The highest BCUT2D eigenvalue weighted by atomic mass is 32.2. The van der Waals surface area contributed by atoms with Crippen molar-refractivity contribution < 1.29 is 8.42 Å². The summed E-state index contributed by atoms with van der Waals surface area (Å²) in [6, 6.07) is 0.0164. The Balaban J connectivity index is 2.37. The van der Waals surface area contributed by atoms with Gasteiger partial charge in [-0.1, -0.05) is 17.8 Å². The summed E-state index contributed by atoms with van der Waals surface area (Å²) in [6.45, 7) is 3.86. The first-order valence-electron chi connectivity index (χ1n) is 5.55. The molecule has 2 rings (SSSR count). The smallest absolute Gasteiger partial charge is 0.272 e. The second kappa shape index (κ2) is 4.51. The molecule has 2 N–H and O–H groups in total. The second-order valence-electron chi connectivity index (χ2n) is 4.37. The standard InChI is InChI=1S/C9H16N4O2S2/c1-6-4-3-5-7(2)13(6)17(14,15)9-12-11-8(10)16-9/h6-7H,3-5H2,1-2H3,(H2,10,11). The highest BCUT2D eigenvalue weighted by Gasteiger charge is 2.37. The maximum absolute atomic E-state index is 12.4. The van der Waals surface area contributed by atoms with Gasteiger partial charge in [0.05, 0.1) is 0 Å². The lowest BCUT2D eigenvalue weighted by molar-refractivity contribution is 0.204. The van der Waals surface area contributed by atoms with E-state index in [2.05, 4.69) is 10.2 Å². The van der Waals surface area contributed by atoms with Crippen molar-refractivity contribution in [1.29, 1.82) is 0 Å². The fourth-order valence-electron chi connectivity index (χ4n) is 2.29. The lowest BCUT2D eigenvalue weighted by atomic mass is 10.0. The van der Waals surface area contributed by atoms with Crippen LogP contribution in [0.3, 0.4) is 0 Å². The van der Waals surface area contributed by atoms with Gasteiger partial charge in [-0.25, -0.2) is 8.42 Å². The van der Waals surface area contributed by atoms with Gasteiger partial charge < -0.3 is 5.73 Å². The van der Waals surface area contributed by atoms with Gasteiger partial charge in [0.15, 0.2) is 0 Å². The number of hydrogen-bond acceptors (Lipinski definition) is 6. The van der Waals surface area contributed by atoms with Gasteiger partial charge in [0.1, 0.15) is 0 Å². The summed E-state index contributed by atoms with van der Waals surface area (Å²) in [5.41, 5.74) is 5.44. The topological polar surface area (TPSA) is 89.2 Å². The van der Waals surface area contributed by atoms with Crippen molar-refractivity contribution in [3.63, 3.8) is 0 Å². The van der Waals surface area contributed by atoms with E-state index in [0.29, 0.717) is 0 Å². The predicted octanol–water partition coefficient (Wildman–Crippen LogP) is 1.07. The van der Waals surface area contributed by atoms with Gasteiger partial charge in [-0.3, -0.25) is 0 Å². The molecule has 1 aromatic rings. The molecule has 1 aromatic heterocycles. The Morgan fingerprint density at radius 2 is 1.88 bits per heavy atom. The van der Waals surface area contributed by atoms with Crippen LogP contribution in [0.25, 0.3) is 0 Å². The zero-order valence-electron chi connectivity index (χ0n) is 9.83. The average molecular weight is 276 g/mol. The largest absolute Gasteiger partial charge is 0.374 e. The Labute approximate surface area is 105 Å². The van der Waals surface area contributed by atoms with E-state index in [1.165, 1.54) is 4.31 Å². The Hall–Kier alpha value is -0.730. The Morgan fingerprint density at radius 1 is 1.29 bits per heavy atom. The summed E-state index contributed by atoms with van der Waals surface area (Å²) in [5.74, 6) is 0. The summed E-state index contributed by atoms with van der Waals surface area (Å²) < 4.78 is 26.3. The molecule has 0 aliphatic carbocycles. The summed E-state index contributed by atoms with van der Waals surface area (Å²) in [5, 5.41) is 7.40. The second-order valence-corrected chi connectivity index (χ2v) is 7.40. The normalized spacial score (nSPS) is 27.2. The van der Waals surface area contributed by atoms with Gasteiger partial charge in [-0.05, 0) is 26.7 Å². The fraction of sp³-hybridized carbons (Fsp3) is 0.778. The van der Waals surface area contributed by atoms with E-state index in [-0.39, 0.29) is 21.6 Å². The quantitative estimate of drug-likeness (QED) is 0.872. The van der Waals surface area contributed by atoms with E-state index in [1.54, 1.807) is 0 Å². The maximum atomic E-state index is 12.4. The van der Waals surface area contributed by atoms with Crippen LogP contribution in [0.5, 0.6) is 0 Å². The van der Waals surface area contributed by atoms with E-state index in [9.17, 15) is 8.42 Å². The number of hydrogen-bond donors (Lipinski definition) is 1. The Morgan fingerprint density at radius 3 is 2.35 bits per heavy atom. The number of nitrogen functional groups attached to an aromatic ring is 1. The summed E-state index contributed by atoms with van der Waals surface area (Å²) in [6.07, 6.45) is 2.84. The zero-order chi connectivity index (χ0) is 12.6. The van der Waals surface area contributed by atoms with Crippen LogP contribution in [-0.2, 0) is 10.0 Å². The van der Waals surface area contributed by atoms with Gasteiger partial charge in [0.25, 0.3) is 10.0 Å². The molecule has 8 heteroatoms. The van der Waals surface area contributed by atoms with Crippen LogP contribution in [0.2, 0.25) is 0 Å². The number of nitrogens with two attached hydrogens (primary N) is 1. The third kappa shape index (κ3) is 2.29. The minimum absolute atomic E-state index is 0.00407. The van der Waals surface area contributed by atoms with Crippen molar-refractivity contribution in [2.75, 3.05) is 5.73 Å². The highest BCUT2D eigenvalue weighted by Crippen LogP contribution is 2.30. The monoisotopic (exact) mass is 276 g/mol. The lowest BCUT2D eigenvalue weighted by Gasteiger charge is -2.36. The van der Waals surface area contributed by atoms with E-state index in [0.717, 1.165) is 30.6 Å². The minimum atomic E-state index is -3.54. The first-order valence-corrected chi connectivity index (χ1v) is 7.81. The maximum Gasteiger partial charge on any atom is 0.272 e. The van der Waals surface area contributed by atoms with Crippen molar-refractivity contribution in [3.8, 4) is 0 Å². The van der Waals surface area contributed by atoms with Gasteiger partial charge in [0.2, 0.25) is 9.47 Å². The molecule has 17 heavy (non-hydrogen) atoms. The van der Waals surface area contributed by atoms with Crippen LogP contribution < -0.4 is 5.73 Å². The number of rotatable bonds is 2. The molecule has 0 radical (unpaired) electrons. The van der Waals surface area contributed by atoms with Crippen LogP contribution in [-0.4, -0.2) is 35.0 Å². The molecule has 6 nitrogen and oxygen atoms in total. The molecule has 2 heterocycles. The molecular weight excluding hydrogens is 260 g/mol. The van der Waals surface area contributed by atoms with Crippen molar-refractivity contribution in [3.05, 3.63) is 0 Å². The first-order chi connectivity index (χ1) is 7.93. The van der Waals surface area contributed by atoms with Crippen molar-refractivity contribution in [1.82, 2.24) is 14.5 Å². The van der Waals surface area contributed by atoms with Crippen LogP contribution in [0.15, 0.2) is 4.34 Å². The van der Waals surface area contributed by atoms with E-state index in [1.807, 2.05) is 13.8 Å². The SMILES string of the molecule is CC1CCCC(C)N1S(=O)(=O)c1nnc(N)s1. The third-order valence-corrected chi connectivity index (χ3v) is 6.26. The number of nitrogens with zero attached hydrogens (tertiary/aromatic N) is 3. The molecule has 2 atom stereocenters. The average Bonchev–Trinajstić information content (AvgIpc) is 2.64. The van der Waals surface area contributed by atoms with Crippen molar-refractivity contribution in [2.24, 2.45) is 0 Å². The summed E-state index contributed by atoms with van der Waals surface area (Å²) in [7, 11) is -3.54. The molecule has 0 spiro atoms. The lowest BCUT2D eigenvalue weighted by Crippen LogP contribution is -2.47. The molecule has 1 aliphatic heterocycles. The van der Waals surface area contributed by atoms with Gasteiger partial charge in [-0.15, -0.1) is 10.2 Å². The van der Waals surface area contributed by atoms with Crippen molar-refractivity contribution in [2.45, 2.75) is 49.5 Å². The Kier molecular flexibility index (Phi) is 3.37. The molecule has 96 valence electrons. The molecule has 0 saturated carbocycles. The van der Waals surface area contributed by atoms with Crippen LogP contribution in [0.1, 0.15) is 33.1 Å². The van der Waals surface area contributed by atoms with Gasteiger partial charge in [-0.2, -0.15) is 4.31 Å². The molecule has 1 aliphatic rings. The number of anilines is 1. The predicted molar refractivity (Wildman–Crippen MR) is 66.1 cm³/mol. The van der Waals surface area contributed by atoms with Crippen molar-refractivity contribution >= 4 is 26.5 Å². The summed E-state index contributed by atoms with van der Waals surface area (Å²) in [4.78, 5) is 0. The molecule has 1 saturated heterocycles. The molecular formula is C9H16N4O2S2. The van der Waals surface area contributed by atoms with Gasteiger partial charge >= 0.3 is 0 Å². The fourth-order valence-corrected chi connectivity index (χ4v) is 5.05. The minimum Gasteiger partial charge on any atom is -0.374 e. The molecule has 0 bridgehead atoms. The molecule has 1 fully saturated rings. The zero-order valence-corrected chi connectivity index (χ0v) is 11.5. The van der Waals surface area contributed by atoms with Crippen LogP contribution >= 0.6 is 11.3 Å². The number of piperidine rings is 1. The highest BCUT2D eigenvalue weighted by molar-refractivity contribution is 7.91. The van der Waals surface area contributed by atoms with E-state index >= 15 is 0 Å². The first kappa shape index (κ1) is 12.7. The molecule has 0 aromatic carbocycles. The molecule has 0 amide bonds. The van der Waals surface area contributed by atoms with E-state index < -0.39 is 10.0 Å². The van der Waals surface area contributed by atoms with Crippen LogP contribution in [0.4, 0.5) is 5.13 Å².